The maximum Gasteiger partial charge on any atom is 0.269 e. The molecule has 0 bridgehead atoms. The van der Waals surface area contributed by atoms with Crippen molar-refractivity contribution in [1.82, 2.24) is 0 Å². The smallest absolute Gasteiger partial charge is 0.269 e. The SMILES string of the molecule is C=C[Si](C)(C)Oc1cccc(C)c1. The van der Waals surface area contributed by atoms with E-state index in [0.717, 1.165) is 5.75 Å². The summed E-state index contributed by atoms with van der Waals surface area (Å²) >= 11 is 0. The highest BCUT2D eigenvalue weighted by molar-refractivity contribution is 6.76. The van der Waals surface area contributed by atoms with Gasteiger partial charge in [-0.2, -0.15) is 0 Å². The summed E-state index contributed by atoms with van der Waals surface area (Å²) in [5.41, 5.74) is 3.17. The van der Waals surface area contributed by atoms with Crippen molar-refractivity contribution in [2.75, 3.05) is 0 Å². The molecule has 0 spiro atoms. The van der Waals surface area contributed by atoms with Crippen molar-refractivity contribution >= 4 is 8.32 Å². The van der Waals surface area contributed by atoms with Crippen LogP contribution in [0.4, 0.5) is 0 Å². The molecule has 0 saturated carbocycles. The van der Waals surface area contributed by atoms with E-state index < -0.39 is 8.32 Å². The van der Waals surface area contributed by atoms with E-state index in [1.54, 1.807) is 0 Å². The molecule has 0 aliphatic rings. The van der Waals surface area contributed by atoms with Gasteiger partial charge in [0.05, 0.1) is 0 Å². The molecule has 70 valence electrons. The van der Waals surface area contributed by atoms with Crippen molar-refractivity contribution in [2.45, 2.75) is 20.0 Å². The molecule has 0 atom stereocenters. The summed E-state index contributed by atoms with van der Waals surface area (Å²) < 4.78 is 5.85. The van der Waals surface area contributed by atoms with Crippen molar-refractivity contribution in [3.63, 3.8) is 0 Å². The minimum absolute atomic E-state index is 0.955. The van der Waals surface area contributed by atoms with Crippen LogP contribution in [0.3, 0.4) is 0 Å². The van der Waals surface area contributed by atoms with E-state index in [2.05, 4.69) is 38.7 Å². The van der Waals surface area contributed by atoms with Gasteiger partial charge in [-0.15, -0.1) is 6.58 Å². The Bertz CT molecular complexity index is 305. The lowest BCUT2D eigenvalue weighted by Gasteiger charge is -2.20. The Morgan fingerprint density at radius 1 is 1.38 bits per heavy atom. The minimum atomic E-state index is -1.68. The topological polar surface area (TPSA) is 9.23 Å². The van der Waals surface area contributed by atoms with Crippen molar-refractivity contribution in [1.29, 1.82) is 0 Å². The fourth-order valence-electron chi connectivity index (χ4n) is 1.02. The summed E-state index contributed by atoms with van der Waals surface area (Å²) in [7, 11) is -1.68. The van der Waals surface area contributed by atoms with Crippen LogP contribution in [0.1, 0.15) is 5.56 Å². The molecular weight excluding hydrogens is 176 g/mol. The highest BCUT2D eigenvalue weighted by Crippen LogP contribution is 2.17. The number of hydrogen-bond donors (Lipinski definition) is 0. The average molecular weight is 192 g/mol. The van der Waals surface area contributed by atoms with E-state index in [9.17, 15) is 0 Å². The first-order valence-electron chi connectivity index (χ1n) is 4.43. The van der Waals surface area contributed by atoms with Gasteiger partial charge in [-0.05, 0) is 37.7 Å². The first kappa shape index (κ1) is 10.1. The molecule has 0 saturated heterocycles. The molecule has 13 heavy (non-hydrogen) atoms. The maximum atomic E-state index is 5.85. The lowest BCUT2D eigenvalue weighted by atomic mass is 10.2. The molecule has 0 aliphatic heterocycles. The lowest BCUT2D eigenvalue weighted by Crippen LogP contribution is -2.31. The largest absolute Gasteiger partial charge is 0.540 e. The Labute approximate surface area is 81.2 Å². The maximum absolute atomic E-state index is 5.85. The van der Waals surface area contributed by atoms with E-state index in [1.165, 1.54) is 5.56 Å². The highest BCUT2D eigenvalue weighted by atomic mass is 28.4. The molecule has 1 nitrogen and oxygen atoms in total. The second-order valence-corrected chi connectivity index (χ2v) is 7.55. The number of aryl methyl sites for hydroxylation is 1. The summed E-state index contributed by atoms with van der Waals surface area (Å²) in [6, 6.07) is 8.12. The van der Waals surface area contributed by atoms with Gasteiger partial charge in [0, 0.05) is 0 Å². The van der Waals surface area contributed by atoms with Crippen LogP contribution in [-0.2, 0) is 0 Å². The summed E-state index contributed by atoms with van der Waals surface area (Å²) in [6.07, 6.45) is 0. The second kappa shape index (κ2) is 3.79. The van der Waals surface area contributed by atoms with Gasteiger partial charge >= 0.3 is 0 Å². The quantitative estimate of drug-likeness (QED) is 0.668. The van der Waals surface area contributed by atoms with Crippen LogP contribution < -0.4 is 4.43 Å². The van der Waals surface area contributed by atoms with E-state index >= 15 is 0 Å². The Morgan fingerprint density at radius 3 is 2.62 bits per heavy atom. The molecule has 0 aromatic heterocycles. The van der Waals surface area contributed by atoms with Gasteiger partial charge < -0.3 is 4.43 Å². The van der Waals surface area contributed by atoms with E-state index in [0.29, 0.717) is 0 Å². The Hall–Kier alpha value is -1.02. The van der Waals surface area contributed by atoms with Crippen LogP contribution >= 0.6 is 0 Å². The molecule has 0 radical (unpaired) electrons. The predicted octanol–water partition coefficient (Wildman–Crippen LogP) is 3.30. The van der Waals surface area contributed by atoms with E-state index in [1.807, 2.05) is 17.8 Å². The van der Waals surface area contributed by atoms with Crippen LogP contribution in [0.15, 0.2) is 36.5 Å². The standard InChI is InChI=1S/C11H16OSi/c1-5-13(3,4)12-11-8-6-7-10(2)9-11/h5-9H,1H2,2-4H3. The third-order valence-corrected chi connectivity index (χ3v) is 3.61. The zero-order valence-corrected chi connectivity index (χ0v) is 9.50. The summed E-state index contributed by atoms with van der Waals surface area (Å²) in [6.45, 7) is 10.1. The molecule has 0 amide bonds. The monoisotopic (exact) mass is 192 g/mol. The number of hydrogen-bond acceptors (Lipinski definition) is 1. The van der Waals surface area contributed by atoms with Gasteiger partial charge in [0.15, 0.2) is 0 Å². The Morgan fingerprint density at radius 2 is 2.08 bits per heavy atom. The molecule has 0 aliphatic carbocycles. The van der Waals surface area contributed by atoms with Crippen molar-refractivity contribution in [3.05, 3.63) is 42.1 Å². The average Bonchev–Trinajstić information content (AvgIpc) is 2.03. The fourth-order valence-corrected chi connectivity index (χ4v) is 1.84. The van der Waals surface area contributed by atoms with Crippen LogP contribution in [0.25, 0.3) is 0 Å². The molecule has 1 aromatic rings. The molecule has 0 unspecified atom stereocenters. The molecular formula is C11H16OSi. The van der Waals surface area contributed by atoms with Crippen LogP contribution in [0.2, 0.25) is 13.1 Å². The zero-order valence-electron chi connectivity index (χ0n) is 8.50. The van der Waals surface area contributed by atoms with Gasteiger partial charge in [0.2, 0.25) is 0 Å². The molecule has 1 rings (SSSR count). The Kier molecular flexibility index (Phi) is 2.93. The predicted molar refractivity (Wildman–Crippen MR) is 59.5 cm³/mol. The molecule has 0 fully saturated rings. The van der Waals surface area contributed by atoms with Crippen molar-refractivity contribution in [2.24, 2.45) is 0 Å². The molecule has 0 N–H and O–H groups in total. The number of benzene rings is 1. The van der Waals surface area contributed by atoms with Gasteiger partial charge in [0.1, 0.15) is 5.75 Å². The van der Waals surface area contributed by atoms with Crippen LogP contribution in [0, 0.1) is 6.92 Å². The normalized spacial score (nSPS) is 11.0. The zero-order chi connectivity index (χ0) is 9.90. The first-order chi connectivity index (χ1) is 6.03. The highest BCUT2D eigenvalue weighted by Gasteiger charge is 2.18. The Balaban J connectivity index is 2.80. The third kappa shape index (κ3) is 3.07. The van der Waals surface area contributed by atoms with Gasteiger partial charge in [-0.25, -0.2) is 0 Å². The first-order valence-corrected chi connectivity index (χ1v) is 7.41. The van der Waals surface area contributed by atoms with Gasteiger partial charge in [0.25, 0.3) is 8.32 Å². The van der Waals surface area contributed by atoms with Gasteiger partial charge in [-0.1, -0.05) is 17.8 Å². The van der Waals surface area contributed by atoms with Crippen molar-refractivity contribution in [3.8, 4) is 5.75 Å². The second-order valence-electron chi connectivity index (χ2n) is 3.73. The van der Waals surface area contributed by atoms with Crippen molar-refractivity contribution < 1.29 is 4.43 Å². The lowest BCUT2D eigenvalue weighted by molar-refractivity contribution is 0.563. The number of rotatable bonds is 3. The summed E-state index contributed by atoms with van der Waals surface area (Å²) in [5.74, 6) is 0.955. The summed E-state index contributed by atoms with van der Waals surface area (Å²) in [4.78, 5) is 0. The van der Waals surface area contributed by atoms with E-state index in [-0.39, 0.29) is 0 Å². The van der Waals surface area contributed by atoms with Gasteiger partial charge in [-0.3, -0.25) is 0 Å². The molecule has 0 heterocycles. The minimum Gasteiger partial charge on any atom is -0.540 e. The molecule has 1 aromatic carbocycles. The third-order valence-electron chi connectivity index (χ3n) is 1.86. The van der Waals surface area contributed by atoms with Crippen LogP contribution in [0.5, 0.6) is 5.75 Å². The summed E-state index contributed by atoms with van der Waals surface area (Å²) in [5, 5.41) is 0. The fraction of sp³-hybridized carbons (Fsp3) is 0.273. The van der Waals surface area contributed by atoms with Crippen LogP contribution in [-0.4, -0.2) is 8.32 Å². The molecule has 2 heteroatoms. The van der Waals surface area contributed by atoms with E-state index in [4.69, 9.17) is 4.43 Å².